The average molecular weight is 415 g/mol. The molecule has 1 aromatic heterocycles. The van der Waals surface area contributed by atoms with Gasteiger partial charge in [-0.05, 0) is 60.1 Å². The number of nitrogens with zero attached hydrogens (tertiary/aromatic N) is 2. The van der Waals surface area contributed by atoms with Crippen LogP contribution in [0, 0.1) is 0 Å². The summed E-state index contributed by atoms with van der Waals surface area (Å²) in [6, 6.07) is 14.0. The third-order valence-electron chi connectivity index (χ3n) is 3.67. The van der Waals surface area contributed by atoms with Crippen molar-refractivity contribution in [3.8, 4) is 17.1 Å². The Labute approximate surface area is 170 Å². The number of anilines is 1. The van der Waals surface area contributed by atoms with Gasteiger partial charge < -0.3 is 14.8 Å². The van der Waals surface area contributed by atoms with Crippen LogP contribution in [0.4, 0.5) is 5.69 Å². The number of rotatable bonds is 7. The molecule has 0 saturated heterocycles. The zero-order valence-corrected chi connectivity index (χ0v) is 16.8. The summed E-state index contributed by atoms with van der Waals surface area (Å²) in [5.41, 5.74) is 1.92. The molecule has 0 saturated carbocycles. The molecule has 7 nitrogen and oxygen atoms in total. The minimum absolute atomic E-state index is 0.169. The molecule has 0 fully saturated rings. The summed E-state index contributed by atoms with van der Waals surface area (Å²) in [7, 11) is 2.94. The van der Waals surface area contributed by atoms with Crippen LogP contribution in [0.1, 0.15) is 10.4 Å². The molecule has 0 aliphatic rings. The summed E-state index contributed by atoms with van der Waals surface area (Å²) < 4.78 is 14.8. The Kier molecular flexibility index (Phi) is 6.62. The molecule has 2 aromatic carbocycles. The second-order valence-corrected chi connectivity index (χ2v) is 7.49. The zero-order chi connectivity index (χ0) is 19.9. The summed E-state index contributed by atoms with van der Waals surface area (Å²) in [5.74, 6) is 1.00. The summed E-state index contributed by atoms with van der Waals surface area (Å²) >= 11 is 2.57. The SMILES string of the molecule is COC(=O)c1ccc(NC(=O)CSc2nc(-c3ccc(OC)cc3)ns2)cc1. The molecule has 144 valence electrons. The second kappa shape index (κ2) is 9.34. The van der Waals surface area contributed by atoms with E-state index in [0.717, 1.165) is 11.3 Å². The molecular formula is C19H17N3O4S2. The van der Waals surface area contributed by atoms with Crippen LogP contribution in [-0.2, 0) is 9.53 Å². The topological polar surface area (TPSA) is 90.4 Å². The molecule has 1 N–H and O–H groups in total. The fourth-order valence-corrected chi connectivity index (χ4v) is 3.67. The summed E-state index contributed by atoms with van der Waals surface area (Å²) in [5, 5.41) is 2.78. The van der Waals surface area contributed by atoms with Crippen LogP contribution in [0.2, 0.25) is 0 Å². The number of hydrogen-bond donors (Lipinski definition) is 1. The van der Waals surface area contributed by atoms with E-state index in [1.54, 1.807) is 31.4 Å². The van der Waals surface area contributed by atoms with Gasteiger partial charge in [-0.2, -0.15) is 4.37 Å². The Balaban J connectivity index is 1.53. The summed E-state index contributed by atoms with van der Waals surface area (Å²) in [6.45, 7) is 0. The lowest BCUT2D eigenvalue weighted by molar-refractivity contribution is -0.113. The third kappa shape index (κ3) is 5.08. The first kappa shape index (κ1) is 19.8. The van der Waals surface area contributed by atoms with E-state index < -0.39 is 5.97 Å². The van der Waals surface area contributed by atoms with Crippen molar-refractivity contribution in [2.24, 2.45) is 0 Å². The zero-order valence-electron chi connectivity index (χ0n) is 15.2. The number of esters is 1. The third-order valence-corrected chi connectivity index (χ3v) is 5.51. The van der Waals surface area contributed by atoms with E-state index in [0.29, 0.717) is 21.4 Å². The molecule has 3 aromatic rings. The monoisotopic (exact) mass is 415 g/mol. The van der Waals surface area contributed by atoms with Crippen LogP contribution >= 0.6 is 23.3 Å². The Morgan fingerprint density at radius 2 is 1.79 bits per heavy atom. The highest BCUT2D eigenvalue weighted by molar-refractivity contribution is 8.01. The Bertz CT molecular complexity index is 956. The van der Waals surface area contributed by atoms with Gasteiger partial charge in [-0.1, -0.05) is 11.8 Å². The molecule has 0 aliphatic heterocycles. The van der Waals surface area contributed by atoms with Crippen molar-refractivity contribution >= 4 is 40.9 Å². The van der Waals surface area contributed by atoms with Crippen LogP contribution in [0.5, 0.6) is 5.75 Å². The highest BCUT2D eigenvalue weighted by Gasteiger charge is 2.11. The molecule has 0 aliphatic carbocycles. The number of aromatic nitrogens is 2. The number of benzene rings is 2. The molecule has 1 amide bonds. The van der Waals surface area contributed by atoms with Gasteiger partial charge in [-0.25, -0.2) is 9.78 Å². The van der Waals surface area contributed by atoms with E-state index in [9.17, 15) is 9.59 Å². The molecule has 28 heavy (non-hydrogen) atoms. The van der Waals surface area contributed by atoms with Gasteiger partial charge >= 0.3 is 5.97 Å². The minimum Gasteiger partial charge on any atom is -0.497 e. The van der Waals surface area contributed by atoms with E-state index in [4.69, 9.17) is 4.74 Å². The van der Waals surface area contributed by atoms with E-state index in [1.807, 2.05) is 24.3 Å². The van der Waals surface area contributed by atoms with Crippen molar-refractivity contribution in [3.05, 3.63) is 54.1 Å². The Morgan fingerprint density at radius 1 is 1.07 bits per heavy atom. The molecule has 0 unspecified atom stereocenters. The van der Waals surface area contributed by atoms with Crippen LogP contribution in [0.15, 0.2) is 52.9 Å². The standard InChI is InChI=1S/C19H17N3O4S2/c1-25-15-9-5-12(6-10-15)17-21-19(28-22-17)27-11-16(23)20-14-7-3-13(4-8-14)18(24)26-2/h3-10H,11H2,1-2H3,(H,20,23). The van der Waals surface area contributed by atoms with E-state index >= 15 is 0 Å². The van der Waals surface area contributed by atoms with Crippen LogP contribution in [0.3, 0.4) is 0 Å². The van der Waals surface area contributed by atoms with Gasteiger partial charge in [0.1, 0.15) is 5.75 Å². The molecule has 1 heterocycles. The van der Waals surface area contributed by atoms with Crippen molar-refractivity contribution < 1.29 is 19.1 Å². The predicted octanol–water partition coefficient (Wildman–Crippen LogP) is 3.73. The number of nitrogens with one attached hydrogen (secondary N) is 1. The largest absolute Gasteiger partial charge is 0.497 e. The lowest BCUT2D eigenvalue weighted by Gasteiger charge is -2.05. The molecule has 9 heteroatoms. The first-order chi connectivity index (χ1) is 13.6. The van der Waals surface area contributed by atoms with Crippen molar-refractivity contribution in [2.45, 2.75) is 4.34 Å². The van der Waals surface area contributed by atoms with Gasteiger partial charge in [-0.15, -0.1) is 0 Å². The highest BCUT2D eigenvalue weighted by atomic mass is 32.2. The average Bonchev–Trinajstić information content (AvgIpc) is 3.21. The Morgan fingerprint density at radius 3 is 2.43 bits per heavy atom. The Hall–Kier alpha value is -2.91. The van der Waals surface area contributed by atoms with Crippen molar-refractivity contribution in [1.29, 1.82) is 0 Å². The fourth-order valence-electron chi connectivity index (χ4n) is 2.26. The maximum absolute atomic E-state index is 12.1. The number of methoxy groups -OCH3 is 2. The molecule has 0 atom stereocenters. The van der Waals surface area contributed by atoms with Gasteiger partial charge in [0, 0.05) is 11.3 Å². The van der Waals surface area contributed by atoms with Crippen molar-refractivity contribution in [2.75, 3.05) is 25.3 Å². The fraction of sp³-hybridized carbons (Fsp3) is 0.158. The summed E-state index contributed by atoms with van der Waals surface area (Å²) in [6.07, 6.45) is 0. The van der Waals surface area contributed by atoms with Crippen LogP contribution < -0.4 is 10.1 Å². The smallest absolute Gasteiger partial charge is 0.337 e. The van der Waals surface area contributed by atoms with E-state index in [2.05, 4.69) is 19.4 Å². The number of thioether (sulfide) groups is 1. The number of carbonyl (C=O) groups excluding carboxylic acids is 2. The molecule has 0 spiro atoms. The number of carbonyl (C=O) groups is 2. The number of hydrogen-bond acceptors (Lipinski definition) is 8. The van der Waals surface area contributed by atoms with Gasteiger partial charge in [0.05, 0.1) is 25.5 Å². The lowest BCUT2D eigenvalue weighted by Crippen LogP contribution is -2.14. The molecule has 3 rings (SSSR count). The van der Waals surface area contributed by atoms with E-state index in [-0.39, 0.29) is 11.7 Å². The van der Waals surface area contributed by atoms with Crippen LogP contribution in [-0.4, -0.2) is 41.2 Å². The van der Waals surface area contributed by atoms with Crippen molar-refractivity contribution in [1.82, 2.24) is 9.36 Å². The van der Waals surface area contributed by atoms with Gasteiger partial charge in [0.2, 0.25) is 5.91 Å². The quantitative estimate of drug-likeness (QED) is 0.464. The number of ether oxygens (including phenoxy) is 2. The molecular weight excluding hydrogens is 398 g/mol. The first-order valence-electron chi connectivity index (χ1n) is 8.18. The van der Waals surface area contributed by atoms with Gasteiger partial charge in [-0.3, -0.25) is 4.79 Å². The van der Waals surface area contributed by atoms with Gasteiger partial charge in [0.25, 0.3) is 0 Å². The number of amides is 1. The van der Waals surface area contributed by atoms with Gasteiger partial charge in [0.15, 0.2) is 10.2 Å². The molecule has 0 bridgehead atoms. The maximum atomic E-state index is 12.1. The van der Waals surface area contributed by atoms with Crippen molar-refractivity contribution in [3.63, 3.8) is 0 Å². The predicted molar refractivity (Wildman–Crippen MR) is 109 cm³/mol. The minimum atomic E-state index is -0.419. The highest BCUT2D eigenvalue weighted by Crippen LogP contribution is 2.26. The first-order valence-corrected chi connectivity index (χ1v) is 9.94. The lowest BCUT2D eigenvalue weighted by atomic mass is 10.2. The van der Waals surface area contributed by atoms with Crippen LogP contribution in [0.25, 0.3) is 11.4 Å². The normalized spacial score (nSPS) is 10.4. The summed E-state index contributed by atoms with van der Waals surface area (Å²) in [4.78, 5) is 28.0. The maximum Gasteiger partial charge on any atom is 0.337 e. The second-order valence-electron chi connectivity index (χ2n) is 5.52. The molecule has 0 radical (unpaired) electrons. The van der Waals surface area contributed by atoms with E-state index in [1.165, 1.54) is 30.4 Å².